The van der Waals surface area contributed by atoms with E-state index in [9.17, 15) is 4.79 Å². The first-order valence-corrected chi connectivity index (χ1v) is 9.45. The fourth-order valence-corrected chi connectivity index (χ4v) is 3.10. The van der Waals surface area contributed by atoms with E-state index < -0.39 is 0 Å². The third-order valence-corrected chi connectivity index (χ3v) is 4.74. The fourth-order valence-electron chi connectivity index (χ4n) is 3.10. The Bertz CT molecular complexity index is 940. The van der Waals surface area contributed by atoms with Crippen LogP contribution in [-0.4, -0.2) is 29.5 Å². The van der Waals surface area contributed by atoms with Crippen molar-refractivity contribution in [2.45, 2.75) is 26.8 Å². The summed E-state index contributed by atoms with van der Waals surface area (Å²) in [5.74, 6) is 0.812. The monoisotopic (exact) mass is 374 g/mol. The summed E-state index contributed by atoms with van der Waals surface area (Å²) in [6.45, 7) is 5.18. The van der Waals surface area contributed by atoms with Gasteiger partial charge in [-0.2, -0.15) is 0 Å². The van der Waals surface area contributed by atoms with Gasteiger partial charge in [-0.15, -0.1) is 0 Å². The Morgan fingerprint density at radius 1 is 1.04 bits per heavy atom. The van der Waals surface area contributed by atoms with E-state index in [4.69, 9.17) is 0 Å². The standard InChI is InChI=1S/C23H26N4O/c1-17-9-10-18(2)21(15-17)23(28)26-16-19-7-6-13-25-22(19)27(3)14-11-20-8-4-5-12-24-20/h4-10,12-13,15H,11,14,16H2,1-3H3,(H,26,28). The van der Waals surface area contributed by atoms with E-state index >= 15 is 0 Å². The van der Waals surface area contributed by atoms with Gasteiger partial charge in [-0.3, -0.25) is 9.78 Å². The summed E-state index contributed by atoms with van der Waals surface area (Å²) in [5, 5.41) is 3.03. The summed E-state index contributed by atoms with van der Waals surface area (Å²) in [6, 6.07) is 15.8. The van der Waals surface area contributed by atoms with Gasteiger partial charge in [-0.25, -0.2) is 4.98 Å². The minimum atomic E-state index is -0.0628. The van der Waals surface area contributed by atoms with E-state index in [2.05, 4.69) is 20.2 Å². The minimum Gasteiger partial charge on any atom is -0.359 e. The van der Waals surface area contributed by atoms with Gasteiger partial charge >= 0.3 is 0 Å². The first kappa shape index (κ1) is 19.5. The van der Waals surface area contributed by atoms with Crippen molar-refractivity contribution in [1.82, 2.24) is 15.3 Å². The summed E-state index contributed by atoms with van der Waals surface area (Å²) < 4.78 is 0. The molecular formula is C23H26N4O. The lowest BCUT2D eigenvalue weighted by molar-refractivity contribution is 0.0950. The van der Waals surface area contributed by atoms with Crippen molar-refractivity contribution in [3.63, 3.8) is 0 Å². The van der Waals surface area contributed by atoms with Crippen LogP contribution in [0.3, 0.4) is 0 Å². The van der Waals surface area contributed by atoms with Crippen LogP contribution in [0, 0.1) is 13.8 Å². The highest BCUT2D eigenvalue weighted by Crippen LogP contribution is 2.17. The van der Waals surface area contributed by atoms with Crippen LogP contribution in [0.1, 0.15) is 32.7 Å². The minimum absolute atomic E-state index is 0.0628. The highest BCUT2D eigenvalue weighted by atomic mass is 16.1. The van der Waals surface area contributed by atoms with Gasteiger partial charge in [0.1, 0.15) is 5.82 Å². The number of likely N-dealkylation sites (N-methyl/N-ethyl adjacent to an activating group) is 1. The third kappa shape index (κ3) is 4.94. The van der Waals surface area contributed by atoms with E-state index in [0.717, 1.165) is 41.2 Å². The quantitative estimate of drug-likeness (QED) is 0.685. The molecule has 3 aromatic rings. The molecule has 144 valence electrons. The Labute approximate surface area is 166 Å². The van der Waals surface area contributed by atoms with Crippen molar-refractivity contribution in [2.24, 2.45) is 0 Å². The molecule has 0 aliphatic rings. The number of aryl methyl sites for hydroxylation is 2. The number of rotatable bonds is 7. The number of anilines is 1. The van der Waals surface area contributed by atoms with Gasteiger partial charge in [0.2, 0.25) is 0 Å². The average molecular weight is 374 g/mol. The number of nitrogens with one attached hydrogen (secondary N) is 1. The number of benzene rings is 1. The van der Waals surface area contributed by atoms with Crippen LogP contribution in [0.25, 0.3) is 0 Å². The zero-order valence-corrected chi connectivity index (χ0v) is 16.6. The number of pyridine rings is 2. The maximum atomic E-state index is 12.6. The summed E-state index contributed by atoms with van der Waals surface area (Å²) in [6.07, 6.45) is 4.43. The molecule has 0 unspecified atom stereocenters. The molecule has 28 heavy (non-hydrogen) atoms. The molecule has 5 nitrogen and oxygen atoms in total. The van der Waals surface area contributed by atoms with Crippen molar-refractivity contribution < 1.29 is 4.79 Å². The molecule has 1 aromatic carbocycles. The molecule has 0 aliphatic carbocycles. The smallest absolute Gasteiger partial charge is 0.251 e. The van der Waals surface area contributed by atoms with Crippen LogP contribution in [0.2, 0.25) is 0 Å². The largest absolute Gasteiger partial charge is 0.359 e. The summed E-state index contributed by atoms with van der Waals surface area (Å²) in [5.41, 5.74) is 4.81. The number of hydrogen-bond donors (Lipinski definition) is 1. The maximum absolute atomic E-state index is 12.6. The van der Waals surface area contributed by atoms with Crippen molar-refractivity contribution in [3.05, 3.63) is 88.9 Å². The zero-order valence-electron chi connectivity index (χ0n) is 16.6. The molecular weight excluding hydrogens is 348 g/mol. The number of nitrogens with zero attached hydrogens (tertiary/aromatic N) is 3. The molecule has 0 saturated carbocycles. The highest BCUT2D eigenvalue weighted by Gasteiger charge is 2.13. The number of hydrogen-bond acceptors (Lipinski definition) is 4. The summed E-state index contributed by atoms with van der Waals surface area (Å²) in [7, 11) is 2.02. The molecule has 0 radical (unpaired) electrons. The number of amides is 1. The second kappa shape index (κ2) is 9.13. The topological polar surface area (TPSA) is 58.1 Å². The average Bonchev–Trinajstić information content (AvgIpc) is 2.73. The summed E-state index contributed by atoms with van der Waals surface area (Å²) >= 11 is 0. The zero-order chi connectivity index (χ0) is 19.9. The SMILES string of the molecule is Cc1ccc(C)c(C(=O)NCc2cccnc2N(C)CCc2ccccn2)c1. The van der Waals surface area contributed by atoms with Gasteiger partial charge in [-0.1, -0.05) is 29.8 Å². The Morgan fingerprint density at radius 3 is 2.64 bits per heavy atom. The molecule has 0 saturated heterocycles. The lowest BCUT2D eigenvalue weighted by atomic mass is 10.0. The third-order valence-electron chi connectivity index (χ3n) is 4.74. The first-order valence-electron chi connectivity index (χ1n) is 9.45. The lowest BCUT2D eigenvalue weighted by Gasteiger charge is -2.21. The molecule has 2 aromatic heterocycles. The van der Waals surface area contributed by atoms with Gasteiger partial charge in [0.15, 0.2) is 0 Å². The summed E-state index contributed by atoms with van der Waals surface area (Å²) in [4.78, 5) is 23.6. The van der Waals surface area contributed by atoms with Crippen LogP contribution >= 0.6 is 0 Å². The molecule has 5 heteroatoms. The molecule has 1 amide bonds. The second-order valence-electron chi connectivity index (χ2n) is 6.98. The van der Waals surface area contributed by atoms with Crippen LogP contribution in [0.5, 0.6) is 0 Å². The second-order valence-corrected chi connectivity index (χ2v) is 6.98. The molecule has 3 rings (SSSR count). The molecule has 0 aliphatic heterocycles. The van der Waals surface area contributed by atoms with Gasteiger partial charge in [0.25, 0.3) is 5.91 Å². The Hall–Kier alpha value is -3.21. The fraction of sp³-hybridized carbons (Fsp3) is 0.261. The van der Waals surface area contributed by atoms with Crippen LogP contribution in [-0.2, 0) is 13.0 Å². The van der Waals surface area contributed by atoms with Gasteiger partial charge < -0.3 is 10.2 Å². The van der Waals surface area contributed by atoms with E-state index in [1.807, 2.05) is 75.6 Å². The van der Waals surface area contributed by atoms with E-state index in [1.54, 1.807) is 6.20 Å². The van der Waals surface area contributed by atoms with E-state index in [0.29, 0.717) is 12.1 Å². The van der Waals surface area contributed by atoms with Crippen LogP contribution in [0.4, 0.5) is 5.82 Å². The van der Waals surface area contributed by atoms with Crippen LogP contribution < -0.4 is 10.2 Å². The molecule has 0 fully saturated rings. The molecule has 2 heterocycles. The Balaban J connectivity index is 1.66. The van der Waals surface area contributed by atoms with Crippen molar-refractivity contribution in [2.75, 3.05) is 18.5 Å². The van der Waals surface area contributed by atoms with Gasteiger partial charge in [0.05, 0.1) is 0 Å². The van der Waals surface area contributed by atoms with E-state index in [-0.39, 0.29) is 5.91 Å². The predicted octanol–water partition coefficient (Wildman–Crippen LogP) is 3.70. The van der Waals surface area contributed by atoms with Gasteiger partial charge in [0, 0.05) is 55.8 Å². The molecule has 0 spiro atoms. The van der Waals surface area contributed by atoms with Crippen molar-refractivity contribution in [3.8, 4) is 0 Å². The molecule has 1 N–H and O–H groups in total. The number of aromatic nitrogens is 2. The Morgan fingerprint density at radius 2 is 1.86 bits per heavy atom. The first-order chi connectivity index (χ1) is 13.5. The van der Waals surface area contributed by atoms with Crippen molar-refractivity contribution in [1.29, 1.82) is 0 Å². The van der Waals surface area contributed by atoms with Crippen molar-refractivity contribution >= 4 is 11.7 Å². The maximum Gasteiger partial charge on any atom is 0.251 e. The van der Waals surface area contributed by atoms with Gasteiger partial charge in [-0.05, 0) is 43.7 Å². The lowest BCUT2D eigenvalue weighted by Crippen LogP contribution is -2.27. The number of carbonyl (C=O) groups excluding carboxylic acids is 1. The van der Waals surface area contributed by atoms with E-state index in [1.165, 1.54) is 0 Å². The molecule has 0 atom stereocenters. The highest BCUT2D eigenvalue weighted by molar-refractivity contribution is 5.95. The molecule has 0 bridgehead atoms. The number of carbonyl (C=O) groups is 1. The van der Waals surface area contributed by atoms with Crippen LogP contribution in [0.15, 0.2) is 60.9 Å². The Kier molecular flexibility index (Phi) is 6.37. The predicted molar refractivity (Wildman–Crippen MR) is 113 cm³/mol. The normalized spacial score (nSPS) is 10.5.